The molecule has 11 heteroatoms. The number of piperazine rings is 1. The fraction of sp³-hybridized carbons (Fsp3) is 0.160. The Labute approximate surface area is 211 Å². The molecular formula is C25H22N6O4S. The van der Waals surface area contributed by atoms with Gasteiger partial charge in [-0.1, -0.05) is 36.4 Å². The van der Waals surface area contributed by atoms with Crippen molar-refractivity contribution in [3.8, 4) is 11.6 Å². The second-order valence-corrected chi connectivity index (χ2v) is 8.98. The zero-order valence-corrected chi connectivity index (χ0v) is 19.9. The largest absolute Gasteiger partial charge is 0.439 e. The molecule has 0 spiro atoms. The molecule has 2 N–H and O–H groups in total. The van der Waals surface area contributed by atoms with E-state index in [2.05, 4.69) is 20.6 Å². The molecule has 4 amide bonds. The van der Waals surface area contributed by atoms with Gasteiger partial charge >= 0.3 is 6.03 Å². The lowest BCUT2D eigenvalue weighted by molar-refractivity contribution is -0.115. The highest BCUT2D eigenvalue weighted by Gasteiger charge is 2.27. The van der Waals surface area contributed by atoms with Gasteiger partial charge in [-0.2, -0.15) is 4.98 Å². The first-order valence-corrected chi connectivity index (χ1v) is 12.1. The van der Waals surface area contributed by atoms with E-state index in [9.17, 15) is 14.4 Å². The molecule has 2 aliphatic heterocycles. The summed E-state index contributed by atoms with van der Waals surface area (Å²) in [5, 5.41) is 4.72. The normalized spacial score (nSPS) is 16.7. The summed E-state index contributed by atoms with van der Waals surface area (Å²) in [4.78, 5) is 49.3. The number of benzene rings is 2. The lowest BCUT2D eigenvalue weighted by Crippen LogP contribution is -2.50. The summed E-state index contributed by atoms with van der Waals surface area (Å²) in [5.41, 5.74) is 1.17. The van der Waals surface area contributed by atoms with E-state index >= 15 is 0 Å². The Hall–Kier alpha value is -4.38. The molecule has 36 heavy (non-hydrogen) atoms. The molecular weight excluding hydrogens is 480 g/mol. The molecule has 2 saturated heterocycles. The van der Waals surface area contributed by atoms with Gasteiger partial charge in [0.25, 0.3) is 11.1 Å². The predicted octanol–water partition coefficient (Wildman–Crippen LogP) is 3.95. The number of anilines is 2. The number of hydrogen-bond donors (Lipinski definition) is 2. The minimum Gasteiger partial charge on any atom is -0.439 e. The third-order valence-corrected chi connectivity index (χ3v) is 6.28. The molecule has 10 nitrogen and oxygen atoms in total. The van der Waals surface area contributed by atoms with Crippen LogP contribution in [0.5, 0.6) is 11.6 Å². The molecule has 182 valence electrons. The van der Waals surface area contributed by atoms with E-state index in [-0.39, 0.29) is 10.9 Å². The number of nitrogens with zero attached hydrogens (tertiary/aromatic N) is 4. The molecule has 0 atom stereocenters. The summed E-state index contributed by atoms with van der Waals surface area (Å²) in [6.07, 6.45) is 1.54. The van der Waals surface area contributed by atoms with Gasteiger partial charge in [-0.05, 0) is 42.1 Å². The van der Waals surface area contributed by atoms with Gasteiger partial charge in [-0.25, -0.2) is 9.78 Å². The van der Waals surface area contributed by atoms with E-state index in [0.29, 0.717) is 49.5 Å². The first-order valence-electron chi connectivity index (χ1n) is 11.3. The van der Waals surface area contributed by atoms with Gasteiger partial charge in [0.15, 0.2) is 0 Å². The molecule has 0 saturated carbocycles. The van der Waals surface area contributed by atoms with Crippen molar-refractivity contribution < 1.29 is 19.1 Å². The van der Waals surface area contributed by atoms with Crippen LogP contribution in [0.25, 0.3) is 6.08 Å². The third kappa shape index (κ3) is 5.63. The quantitative estimate of drug-likeness (QED) is 0.504. The van der Waals surface area contributed by atoms with Crippen molar-refractivity contribution in [2.75, 3.05) is 36.4 Å². The van der Waals surface area contributed by atoms with Crippen LogP contribution < -0.4 is 20.3 Å². The van der Waals surface area contributed by atoms with Crippen molar-refractivity contribution in [2.45, 2.75) is 0 Å². The first-order chi connectivity index (χ1) is 17.5. The highest BCUT2D eigenvalue weighted by Crippen LogP contribution is 2.28. The van der Waals surface area contributed by atoms with Crippen LogP contribution in [-0.2, 0) is 4.79 Å². The fourth-order valence-electron chi connectivity index (χ4n) is 3.70. The number of rotatable bonds is 5. The average Bonchev–Trinajstić information content (AvgIpc) is 3.21. The van der Waals surface area contributed by atoms with Gasteiger partial charge in [0.05, 0.1) is 10.6 Å². The van der Waals surface area contributed by atoms with E-state index in [1.54, 1.807) is 11.0 Å². The number of thioether (sulfide) groups is 1. The SMILES string of the molecule is O=C1NC(=O)/C(=C\c2cc(Oc3ccccc3)nc(N3CCN(C(=O)Nc4ccccc4)CC3)n2)S1. The van der Waals surface area contributed by atoms with Crippen LogP contribution in [0.1, 0.15) is 5.69 Å². The molecule has 0 unspecified atom stereocenters. The summed E-state index contributed by atoms with van der Waals surface area (Å²) >= 11 is 0.819. The van der Waals surface area contributed by atoms with Crippen molar-refractivity contribution in [1.29, 1.82) is 0 Å². The Kier molecular flexibility index (Phi) is 6.80. The monoisotopic (exact) mass is 502 g/mol. The zero-order valence-electron chi connectivity index (χ0n) is 19.1. The van der Waals surface area contributed by atoms with Gasteiger partial charge < -0.3 is 19.9 Å². The molecule has 2 aromatic carbocycles. The summed E-state index contributed by atoms with van der Waals surface area (Å²) in [6, 6.07) is 20.0. The van der Waals surface area contributed by atoms with Gasteiger partial charge in [0, 0.05) is 37.9 Å². The van der Waals surface area contributed by atoms with E-state index < -0.39 is 11.1 Å². The highest BCUT2D eigenvalue weighted by molar-refractivity contribution is 8.18. The number of imide groups is 1. The second-order valence-electron chi connectivity index (χ2n) is 7.97. The minimum absolute atomic E-state index is 0.165. The standard InChI is InChI=1S/C25H22N6O4S/c32-22-20(36-25(34)29-22)15-18-16-21(35-19-9-5-2-6-10-19)28-23(26-18)30-11-13-31(14-12-30)24(33)27-17-7-3-1-4-8-17/h1-10,15-16H,11-14H2,(H,27,33)(H,29,32,34)/b20-15+. The van der Waals surface area contributed by atoms with Gasteiger partial charge in [-0.3, -0.25) is 14.9 Å². The maximum Gasteiger partial charge on any atom is 0.321 e. The molecule has 3 heterocycles. The number of carbonyl (C=O) groups is 3. The Morgan fingerprint density at radius 3 is 2.33 bits per heavy atom. The predicted molar refractivity (Wildman–Crippen MR) is 137 cm³/mol. The maximum atomic E-state index is 12.6. The van der Waals surface area contributed by atoms with Crippen molar-refractivity contribution in [3.05, 3.63) is 77.3 Å². The first kappa shape index (κ1) is 23.4. The molecule has 1 aromatic heterocycles. The summed E-state index contributed by atoms with van der Waals surface area (Å²) < 4.78 is 5.93. The maximum absolute atomic E-state index is 12.6. The van der Waals surface area contributed by atoms with Crippen molar-refractivity contribution in [1.82, 2.24) is 20.2 Å². The zero-order chi connectivity index (χ0) is 24.9. The van der Waals surface area contributed by atoms with Crippen molar-refractivity contribution >= 4 is 46.7 Å². The van der Waals surface area contributed by atoms with Crippen LogP contribution in [0.2, 0.25) is 0 Å². The molecule has 0 aliphatic carbocycles. The second kappa shape index (κ2) is 10.5. The van der Waals surface area contributed by atoms with Gasteiger partial charge in [-0.15, -0.1) is 0 Å². The Morgan fingerprint density at radius 1 is 0.972 bits per heavy atom. The van der Waals surface area contributed by atoms with Crippen LogP contribution in [0.4, 0.5) is 21.2 Å². The Morgan fingerprint density at radius 2 is 1.67 bits per heavy atom. The van der Waals surface area contributed by atoms with Crippen LogP contribution in [-0.4, -0.2) is 58.2 Å². The number of para-hydroxylation sites is 2. The number of urea groups is 1. The summed E-state index contributed by atoms with van der Waals surface area (Å²) in [6.45, 7) is 1.99. The summed E-state index contributed by atoms with van der Waals surface area (Å²) in [5.74, 6) is 0.852. The number of nitrogens with one attached hydrogen (secondary N) is 2. The number of hydrogen-bond acceptors (Lipinski definition) is 8. The Bertz CT molecular complexity index is 1310. The number of ether oxygens (including phenoxy) is 1. The highest BCUT2D eigenvalue weighted by atomic mass is 32.2. The average molecular weight is 503 g/mol. The Balaban J connectivity index is 1.34. The van der Waals surface area contributed by atoms with Gasteiger partial charge in [0.2, 0.25) is 11.8 Å². The molecule has 3 aromatic rings. The lowest BCUT2D eigenvalue weighted by atomic mass is 10.3. The molecule has 0 radical (unpaired) electrons. The molecule has 5 rings (SSSR count). The van der Waals surface area contributed by atoms with E-state index in [4.69, 9.17) is 4.74 Å². The number of aromatic nitrogens is 2. The molecule has 2 aliphatic rings. The fourth-order valence-corrected chi connectivity index (χ4v) is 4.36. The smallest absolute Gasteiger partial charge is 0.321 e. The molecule has 0 bridgehead atoms. The van der Waals surface area contributed by atoms with E-state index in [1.165, 1.54) is 6.08 Å². The van der Waals surface area contributed by atoms with E-state index in [0.717, 1.165) is 17.4 Å². The summed E-state index contributed by atoms with van der Waals surface area (Å²) in [7, 11) is 0. The van der Waals surface area contributed by atoms with Crippen LogP contribution in [0.3, 0.4) is 0 Å². The lowest BCUT2D eigenvalue weighted by Gasteiger charge is -2.34. The molecule has 2 fully saturated rings. The van der Waals surface area contributed by atoms with Crippen molar-refractivity contribution in [3.63, 3.8) is 0 Å². The van der Waals surface area contributed by atoms with Crippen LogP contribution in [0, 0.1) is 0 Å². The number of amides is 4. The number of carbonyl (C=O) groups excluding carboxylic acids is 3. The van der Waals surface area contributed by atoms with Crippen LogP contribution >= 0.6 is 11.8 Å². The van der Waals surface area contributed by atoms with E-state index in [1.807, 2.05) is 65.6 Å². The third-order valence-electron chi connectivity index (χ3n) is 5.47. The van der Waals surface area contributed by atoms with Crippen molar-refractivity contribution in [2.24, 2.45) is 0 Å². The van der Waals surface area contributed by atoms with Gasteiger partial charge in [0.1, 0.15) is 5.75 Å². The minimum atomic E-state index is -0.464. The van der Waals surface area contributed by atoms with Crippen LogP contribution in [0.15, 0.2) is 71.6 Å². The topological polar surface area (TPSA) is 117 Å².